The molecule has 19 heavy (non-hydrogen) atoms. The average molecular weight is 269 g/mol. The molecule has 3 aromatic heterocycles. The van der Waals surface area contributed by atoms with Gasteiger partial charge in [0.15, 0.2) is 6.29 Å². The molecule has 3 heterocycles. The molecule has 0 aromatic carbocycles. The molecule has 0 saturated heterocycles. The molecule has 0 fully saturated rings. The van der Waals surface area contributed by atoms with Crippen molar-refractivity contribution < 1.29 is 4.79 Å². The number of carbonyl (C=O) groups excluding carboxylic acids is 1. The Morgan fingerprint density at radius 2 is 2.11 bits per heavy atom. The summed E-state index contributed by atoms with van der Waals surface area (Å²) in [5.74, 6) is 0. The predicted molar refractivity (Wildman–Crippen MR) is 80.2 cm³/mol. The Bertz CT molecular complexity index is 751. The van der Waals surface area contributed by atoms with Crippen LogP contribution < -0.4 is 0 Å². The normalized spacial score (nSPS) is 11.1. The van der Waals surface area contributed by atoms with E-state index in [-0.39, 0.29) is 0 Å². The number of aldehydes is 1. The number of aryl methyl sites for hydroxylation is 2. The fraction of sp³-hybridized carbons (Fsp3) is 0.188. The number of nitrogens with zero attached hydrogens (tertiary/aromatic N) is 1. The van der Waals surface area contributed by atoms with Crippen LogP contribution in [0.25, 0.3) is 16.0 Å². The summed E-state index contributed by atoms with van der Waals surface area (Å²) in [5, 5.41) is 0. The maximum Gasteiger partial charge on any atom is 0.167 e. The van der Waals surface area contributed by atoms with Gasteiger partial charge in [-0.3, -0.25) is 4.79 Å². The standard InChI is InChI=1S/C16H15NOS/c1-3-12-5-6-13-8-14(15(10-18)17(13)9-12)16-7-4-11(2)19-16/h4-10H,3H2,1-2H3. The molecule has 0 spiro atoms. The first-order valence-electron chi connectivity index (χ1n) is 6.39. The third-order valence-corrected chi connectivity index (χ3v) is 4.43. The number of aromatic nitrogens is 1. The van der Waals surface area contributed by atoms with E-state index >= 15 is 0 Å². The van der Waals surface area contributed by atoms with Gasteiger partial charge in [0.25, 0.3) is 0 Å². The Morgan fingerprint density at radius 1 is 1.26 bits per heavy atom. The zero-order valence-corrected chi connectivity index (χ0v) is 11.8. The minimum atomic E-state index is 0.743. The van der Waals surface area contributed by atoms with Gasteiger partial charge in [-0.05, 0) is 43.2 Å². The Kier molecular flexibility index (Phi) is 2.99. The lowest BCUT2D eigenvalue weighted by atomic mass is 10.2. The molecule has 0 aliphatic rings. The van der Waals surface area contributed by atoms with Gasteiger partial charge in [0.1, 0.15) is 0 Å². The first-order chi connectivity index (χ1) is 9.22. The number of carbonyl (C=O) groups is 1. The summed E-state index contributed by atoms with van der Waals surface area (Å²) < 4.78 is 2.00. The zero-order valence-electron chi connectivity index (χ0n) is 11.0. The van der Waals surface area contributed by atoms with Gasteiger partial charge in [-0.25, -0.2) is 0 Å². The SMILES string of the molecule is CCc1ccc2cc(-c3ccc(C)s3)c(C=O)n2c1. The monoisotopic (exact) mass is 269 g/mol. The minimum absolute atomic E-state index is 0.743. The second-order valence-electron chi connectivity index (χ2n) is 4.66. The molecule has 0 N–H and O–H groups in total. The summed E-state index contributed by atoms with van der Waals surface area (Å²) in [6, 6.07) is 10.5. The first kappa shape index (κ1) is 12.2. The molecular weight excluding hydrogens is 254 g/mol. The molecule has 0 radical (unpaired) electrons. The molecule has 3 rings (SSSR count). The van der Waals surface area contributed by atoms with Gasteiger partial charge < -0.3 is 4.40 Å². The highest BCUT2D eigenvalue weighted by Crippen LogP contribution is 2.32. The van der Waals surface area contributed by atoms with E-state index in [1.807, 2.05) is 4.40 Å². The number of hydrogen-bond acceptors (Lipinski definition) is 2. The highest BCUT2D eigenvalue weighted by atomic mass is 32.1. The van der Waals surface area contributed by atoms with Gasteiger partial charge in [-0.1, -0.05) is 13.0 Å². The van der Waals surface area contributed by atoms with Crippen molar-refractivity contribution in [2.45, 2.75) is 20.3 Å². The van der Waals surface area contributed by atoms with Crippen LogP contribution in [0.5, 0.6) is 0 Å². The van der Waals surface area contributed by atoms with Crippen LogP contribution in [0.4, 0.5) is 0 Å². The molecular formula is C16H15NOS. The molecule has 2 nitrogen and oxygen atoms in total. The summed E-state index contributed by atoms with van der Waals surface area (Å²) in [4.78, 5) is 13.9. The van der Waals surface area contributed by atoms with Gasteiger partial charge in [0.05, 0.1) is 5.69 Å². The quantitative estimate of drug-likeness (QED) is 0.648. The Morgan fingerprint density at radius 3 is 2.74 bits per heavy atom. The average Bonchev–Trinajstić information content (AvgIpc) is 3.00. The van der Waals surface area contributed by atoms with E-state index in [4.69, 9.17) is 0 Å². The van der Waals surface area contributed by atoms with Crippen LogP contribution in [0.1, 0.15) is 27.9 Å². The molecule has 96 valence electrons. The molecule has 0 aliphatic heterocycles. The van der Waals surface area contributed by atoms with Crippen molar-refractivity contribution in [3.8, 4) is 10.4 Å². The number of fused-ring (bicyclic) bond motifs is 1. The van der Waals surface area contributed by atoms with Gasteiger partial charge in [0, 0.05) is 27.0 Å². The lowest BCUT2D eigenvalue weighted by Gasteiger charge is -2.01. The highest BCUT2D eigenvalue weighted by Gasteiger charge is 2.13. The van der Waals surface area contributed by atoms with Crippen molar-refractivity contribution in [2.75, 3.05) is 0 Å². The molecule has 0 unspecified atom stereocenters. The van der Waals surface area contributed by atoms with E-state index in [2.05, 4.69) is 50.4 Å². The van der Waals surface area contributed by atoms with E-state index in [9.17, 15) is 4.79 Å². The Labute approximate surface area is 116 Å². The summed E-state index contributed by atoms with van der Waals surface area (Å²) in [7, 11) is 0. The van der Waals surface area contributed by atoms with Crippen LogP contribution in [0.15, 0.2) is 36.5 Å². The van der Waals surface area contributed by atoms with Gasteiger partial charge in [-0.15, -0.1) is 11.3 Å². The van der Waals surface area contributed by atoms with Gasteiger partial charge in [0.2, 0.25) is 0 Å². The van der Waals surface area contributed by atoms with E-state index < -0.39 is 0 Å². The van der Waals surface area contributed by atoms with Gasteiger partial charge >= 0.3 is 0 Å². The lowest BCUT2D eigenvalue weighted by molar-refractivity contribution is 0.111. The minimum Gasteiger partial charge on any atom is -0.313 e. The van der Waals surface area contributed by atoms with Crippen molar-refractivity contribution >= 4 is 23.1 Å². The molecule has 3 heteroatoms. The summed E-state index contributed by atoms with van der Waals surface area (Å²) in [6.45, 7) is 4.20. The van der Waals surface area contributed by atoms with Crippen molar-refractivity contribution in [2.24, 2.45) is 0 Å². The first-order valence-corrected chi connectivity index (χ1v) is 7.20. The maximum absolute atomic E-state index is 11.5. The van der Waals surface area contributed by atoms with E-state index in [1.54, 1.807) is 11.3 Å². The molecule has 0 saturated carbocycles. The molecule has 0 aliphatic carbocycles. The van der Waals surface area contributed by atoms with Crippen molar-refractivity contribution in [3.63, 3.8) is 0 Å². The Hall–Kier alpha value is -1.87. The number of hydrogen-bond donors (Lipinski definition) is 0. The zero-order chi connectivity index (χ0) is 13.4. The smallest absolute Gasteiger partial charge is 0.167 e. The number of thiophene rings is 1. The lowest BCUT2D eigenvalue weighted by Crippen LogP contribution is -1.93. The number of rotatable bonds is 3. The van der Waals surface area contributed by atoms with E-state index in [1.165, 1.54) is 10.4 Å². The van der Waals surface area contributed by atoms with Gasteiger partial charge in [-0.2, -0.15) is 0 Å². The highest BCUT2D eigenvalue weighted by molar-refractivity contribution is 7.15. The fourth-order valence-electron chi connectivity index (χ4n) is 2.34. The summed E-state index contributed by atoms with van der Waals surface area (Å²) in [6.07, 6.45) is 3.99. The van der Waals surface area contributed by atoms with Crippen molar-refractivity contribution in [1.29, 1.82) is 0 Å². The molecule has 3 aromatic rings. The predicted octanol–water partition coefficient (Wildman–Crippen LogP) is 4.35. The third kappa shape index (κ3) is 2.00. The third-order valence-electron chi connectivity index (χ3n) is 3.39. The largest absolute Gasteiger partial charge is 0.313 e. The summed E-state index contributed by atoms with van der Waals surface area (Å²) in [5.41, 5.74) is 4.08. The second-order valence-corrected chi connectivity index (χ2v) is 5.95. The topological polar surface area (TPSA) is 21.5 Å². The molecule has 0 bridgehead atoms. The van der Waals surface area contributed by atoms with Crippen LogP contribution in [0, 0.1) is 6.92 Å². The fourth-order valence-corrected chi connectivity index (χ4v) is 3.23. The molecule has 0 amide bonds. The van der Waals surface area contributed by atoms with Crippen LogP contribution in [-0.2, 0) is 6.42 Å². The Balaban J connectivity index is 2.28. The van der Waals surface area contributed by atoms with Crippen LogP contribution in [0.2, 0.25) is 0 Å². The summed E-state index contributed by atoms with van der Waals surface area (Å²) >= 11 is 1.72. The van der Waals surface area contributed by atoms with Crippen molar-refractivity contribution in [1.82, 2.24) is 4.40 Å². The van der Waals surface area contributed by atoms with E-state index in [0.29, 0.717) is 0 Å². The maximum atomic E-state index is 11.5. The van der Waals surface area contributed by atoms with E-state index in [0.717, 1.165) is 34.4 Å². The van der Waals surface area contributed by atoms with Crippen LogP contribution >= 0.6 is 11.3 Å². The molecule has 0 atom stereocenters. The second kappa shape index (κ2) is 4.67. The van der Waals surface area contributed by atoms with Crippen LogP contribution in [0.3, 0.4) is 0 Å². The number of pyridine rings is 1. The van der Waals surface area contributed by atoms with Crippen LogP contribution in [-0.4, -0.2) is 10.7 Å². The van der Waals surface area contributed by atoms with Crippen molar-refractivity contribution in [3.05, 3.63) is 52.7 Å².